The fraction of sp³-hybridized carbons (Fsp3) is 0.476. The van der Waals surface area contributed by atoms with Crippen molar-refractivity contribution in [3.8, 4) is 0 Å². The minimum absolute atomic E-state index is 0.0200. The van der Waals surface area contributed by atoms with E-state index in [1.165, 1.54) is 10.6 Å². The van der Waals surface area contributed by atoms with Gasteiger partial charge in [0.25, 0.3) is 5.91 Å². The molecule has 1 fully saturated rings. The van der Waals surface area contributed by atoms with Crippen LogP contribution in [0.5, 0.6) is 0 Å². The SMILES string of the molecule is C[C@@H]1Cc2cc(C(=O)NC[C@@H](c3ccco3)N3CCCC3)ccc2N1S(C)(=O)=O. The highest BCUT2D eigenvalue weighted by atomic mass is 32.2. The Morgan fingerprint density at radius 1 is 1.28 bits per heavy atom. The summed E-state index contributed by atoms with van der Waals surface area (Å²) < 4.78 is 31.2. The van der Waals surface area contributed by atoms with Crippen molar-refractivity contribution >= 4 is 21.6 Å². The van der Waals surface area contributed by atoms with E-state index in [0.29, 0.717) is 24.2 Å². The topological polar surface area (TPSA) is 82.9 Å². The molecule has 2 aliphatic heterocycles. The number of carbonyl (C=O) groups is 1. The van der Waals surface area contributed by atoms with Crippen molar-refractivity contribution in [1.29, 1.82) is 0 Å². The van der Waals surface area contributed by atoms with E-state index in [1.807, 2.05) is 25.1 Å². The summed E-state index contributed by atoms with van der Waals surface area (Å²) in [6.07, 6.45) is 5.80. The van der Waals surface area contributed by atoms with E-state index in [9.17, 15) is 13.2 Å². The Morgan fingerprint density at radius 2 is 2.03 bits per heavy atom. The van der Waals surface area contributed by atoms with Crippen LogP contribution < -0.4 is 9.62 Å². The van der Waals surface area contributed by atoms with Gasteiger partial charge in [0.1, 0.15) is 5.76 Å². The number of anilines is 1. The van der Waals surface area contributed by atoms with Crippen molar-refractivity contribution in [3.63, 3.8) is 0 Å². The van der Waals surface area contributed by atoms with E-state index in [4.69, 9.17) is 4.42 Å². The van der Waals surface area contributed by atoms with Crippen LogP contribution in [0.3, 0.4) is 0 Å². The van der Waals surface area contributed by atoms with Crippen molar-refractivity contribution in [2.24, 2.45) is 0 Å². The van der Waals surface area contributed by atoms with Crippen LogP contribution in [-0.2, 0) is 16.4 Å². The van der Waals surface area contributed by atoms with Crippen molar-refractivity contribution in [1.82, 2.24) is 10.2 Å². The maximum Gasteiger partial charge on any atom is 0.251 e. The normalized spacial score (nSPS) is 20.6. The van der Waals surface area contributed by atoms with Gasteiger partial charge >= 0.3 is 0 Å². The van der Waals surface area contributed by atoms with Crippen LogP contribution >= 0.6 is 0 Å². The predicted molar refractivity (Wildman–Crippen MR) is 112 cm³/mol. The number of hydrogen-bond acceptors (Lipinski definition) is 5. The molecule has 0 spiro atoms. The summed E-state index contributed by atoms with van der Waals surface area (Å²) in [5.41, 5.74) is 2.10. The molecule has 0 radical (unpaired) electrons. The number of carbonyl (C=O) groups excluding carboxylic acids is 1. The number of amides is 1. The Morgan fingerprint density at radius 3 is 2.69 bits per heavy atom. The Balaban J connectivity index is 1.48. The van der Waals surface area contributed by atoms with Crippen LogP contribution in [0.4, 0.5) is 5.69 Å². The van der Waals surface area contributed by atoms with Crippen LogP contribution in [0.2, 0.25) is 0 Å². The highest BCUT2D eigenvalue weighted by Gasteiger charge is 2.33. The van der Waals surface area contributed by atoms with E-state index in [0.717, 1.165) is 37.3 Å². The zero-order valence-electron chi connectivity index (χ0n) is 16.8. The average molecular weight is 418 g/mol. The molecule has 1 aromatic carbocycles. The van der Waals surface area contributed by atoms with Gasteiger partial charge in [-0.1, -0.05) is 0 Å². The lowest BCUT2D eigenvalue weighted by molar-refractivity contribution is 0.0933. The van der Waals surface area contributed by atoms with Crippen LogP contribution in [0, 0.1) is 0 Å². The molecule has 0 unspecified atom stereocenters. The molecule has 2 aromatic rings. The van der Waals surface area contributed by atoms with E-state index in [-0.39, 0.29) is 18.0 Å². The van der Waals surface area contributed by atoms with Gasteiger partial charge < -0.3 is 9.73 Å². The van der Waals surface area contributed by atoms with Crippen LogP contribution in [-0.4, -0.2) is 51.2 Å². The lowest BCUT2D eigenvalue weighted by Gasteiger charge is -2.26. The summed E-state index contributed by atoms with van der Waals surface area (Å²) in [5.74, 6) is 0.702. The summed E-state index contributed by atoms with van der Waals surface area (Å²) in [4.78, 5) is 15.1. The predicted octanol–water partition coefficient (Wildman–Crippen LogP) is 2.56. The fourth-order valence-electron chi connectivity index (χ4n) is 4.48. The Bertz CT molecular complexity index is 981. The maximum atomic E-state index is 12.8. The molecule has 1 aromatic heterocycles. The summed E-state index contributed by atoms with van der Waals surface area (Å²) >= 11 is 0. The lowest BCUT2D eigenvalue weighted by atomic mass is 10.1. The second-order valence-electron chi connectivity index (χ2n) is 7.94. The Hall–Kier alpha value is -2.32. The third-order valence-corrected chi connectivity index (χ3v) is 7.03. The van der Waals surface area contributed by atoms with Gasteiger partial charge in [-0.15, -0.1) is 0 Å². The van der Waals surface area contributed by atoms with Gasteiger partial charge in [-0.3, -0.25) is 14.0 Å². The molecule has 7 nitrogen and oxygen atoms in total. The van der Waals surface area contributed by atoms with E-state index in [1.54, 1.807) is 18.4 Å². The molecule has 1 N–H and O–H groups in total. The Labute approximate surface area is 171 Å². The largest absolute Gasteiger partial charge is 0.468 e. The molecule has 0 aliphatic carbocycles. The van der Waals surface area contributed by atoms with Gasteiger partial charge in [0.05, 0.1) is 24.2 Å². The average Bonchev–Trinajstić information content (AvgIpc) is 3.41. The molecule has 2 aliphatic rings. The van der Waals surface area contributed by atoms with Gasteiger partial charge in [-0.2, -0.15) is 0 Å². The number of sulfonamides is 1. The number of furan rings is 1. The zero-order chi connectivity index (χ0) is 20.6. The van der Waals surface area contributed by atoms with Gasteiger partial charge in [0.15, 0.2) is 0 Å². The van der Waals surface area contributed by atoms with Crippen LogP contribution in [0.15, 0.2) is 41.0 Å². The summed E-state index contributed by atoms with van der Waals surface area (Å²) in [7, 11) is -3.34. The first-order valence-corrected chi connectivity index (χ1v) is 11.9. The minimum Gasteiger partial charge on any atom is -0.468 e. The highest BCUT2D eigenvalue weighted by molar-refractivity contribution is 7.92. The molecule has 0 saturated carbocycles. The number of fused-ring (bicyclic) bond motifs is 1. The summed E-state index contributed by atoms with van der Waals surface area (Å²) in [6.45, 7) is 4.35. The van der Waals surface area contributed by atoms with Crippen molar-refractivity contribution in [2.45, 2.75) is 38.3 Å². The van der Waals surface area contributed by atoms with E-state index in [2.05, 4.69) is 10.2 Å². The van der Waals surface area contributed by atoms with E-state index >= 15 is 0 Å². The van der Waals surface area contributed by atoms with Crippen molar-refractivity contribution in [3.05, 3.63) is 53.5 Å². The number of benzene rings is 1. The first kappa shape index (κ1) is 20.0. The quantitative estimate of drug-likeness (QED) is 0.781. The molecule has 29 heavy (non-hydrogen) atoms. The summed E-state index contributed by atoms with van der Waals surface area (Å²) in [6, 6.07) is 8.94. The lowest BCUT2D eigenvalue weighted by Crippen LogP contribution is -2.36. The first-order chi connectivity index (χ1) is 13.8. The van der Waals surface area contributed by atoms with Gasteiger partial charge in [0, 0.05) is 18.2 Å². The number of rotatable bonds is 6. The smallest absolute Gasteiger partial charge is 0.251 e. The van der Waals surface area contributed by atoms with Gasteiger partial charge in [-0.05, 0) is 75.2 Å². The molecule has 1 amide bonds. The third kappa shape index (κ3) is 4.04. The second kappa shape index (κ2) is 7.84. The van der Waals surface area contributed by atoms with Crippen LogP contribution in [0.1, 0.15) is 47.5 Å². The number of nitrogens with one attached hydrogen (secondary N) is 1. The monoisotopic (exact) mass is 417 g/mol. The molecule has 8 heteroatoms. The molecule has 0 bridgehead atoms. The summed E-state index contributed by atoms with van der Waals surface area (Å²) in [5, 5.41) is 3.04. The van der Waals surface area contributed by atoms with Crippen LogP contribution in [0.25, 0.3) is 0 Å². The third-order valence-electron chi connectivity index (χ3n) is 5.76. The highest BCUT2D eigenvalue weighted by Crippen LogP contribution is 2.34. The standard InChI is InChI=1S/C21H27N3O4S/c1-15-12-17-13-16(7-8-18(17)24(15)29(2,26)27)21(25)22-14-19(20-6-5-11-28-20)23-9-3-4-10-23/h5-8,11,13,15,19H,3-4,9-10,12,14H2,1-2H3,(H,22,25)/t15-,19+/m1/s1. The molecule has 156 valence electrons. The molecular formula is C21H27N3O4S. The van der Waals surface area contributed by atoms with E-state index < -0.39 is 10.0 Å². The maximum absolute atomic E-state index is 12.8. The van der Waals surface area contributed by atoms with Crippen molar-refractivity contribution in [2.75, 3.05) is 30.2 Å². The fourth-order valence-corrected chi connectivity index (χ4v) is 5.75. The molecule has 3 heterocycles. The number of likely N-dealkylation sites (tertiary alicyclic amines) is 1. The first-order valence-electron chi connectivity index (χ1n) is 10.0. The Kier molecular flexibility index (Phi) is 5.40. The zero-order valence-corrected chi connectivity index (χ0v) is 17.6. The molecule has 4 rings (SSSR count). The number of nitrogens with zero attached hydrogens (tertiary/aromatic N) is 2. The number of hydrogen-bond donors (Lipinski definition) is 1. The van der Waals surface area contributed by atoms with Crippen molar-refractivity contribution < 1.29 is 17.6 Å². The van der Waals surface area contributed by atoms with Gasteiger partial charge in [0.2, 0.25) is 10.0 Å². The molecule has 2 atom stereocenters. The van der Waals surface area contributed by atoms with Gasteiger partial charge in [-0.25, -0.2) is 8.42 Å². The molecule has 1 saturated heterocycles. The molecular weight excluding hydrogens is 390 g/mol. The minimum atomic E-state index is -3.34. The second-order valence-corrected chi connectivity index (χ2v) is 9.80.